The Morgan fingerprint density at radius 3 is 2.33 bits per heavy atom. The number of hydrazone groups is 1. The van der Waals surface area contributed by atoms with E-state index < -0.39 is 11.9 Å². The van der Waals surface area contributed by atoms with Gasteiger partial charge in [-0.2, -0.15) is 18.3 Å². The Bertz CT molecular complexity index is 470. The molecule has 0 aliphatic rings. The number of rotatable bonds is 4. The van der Waals surface area contributed by atoms with Crippen molar-refractivity contribution in [2.24, 2.45) is 5.10 Å². The van der Waals surface area contributed by atoms with Crippen LogP contribution in [0.25, 0.3) is 0 Å². The third-order valence-electron chi connectivity index (χ3n) is 2.60. The molecule has 1 heterocycles. The van der Waals surface area contributed by atoms with Gasteiger partial charge in [0.2, 0.25) is 0 Å². The molecule has 0 bridgehead atoms. The van der Waals surface area contributed by atoms with E-state index in [-0.39, 0.29) is 6.54 Å². The molecule has 0 unspecified atom stereocenters. The maximum absolute atomic E-state index is 12.4. The zero-order valence-corrected chi connectivity index (χ0v) is 13.1. The summed E-state index contributed by atoms with van der Waals surface area (Å²) in [6.45, 7) is 9.00. The fourth-order valence-electron chi connectivity index (χ4n) is 1.39. The third-order valence-corrected chi connectivity index (χ3v) is 2.60. The first kappa shape index (κ1) is 19.2. The van der Waals surface area contributed by atoms with Crippen LogP contribution in [-0.4, -0.2) is 28.4 Å². The zero-order chi connectivity index (χ0) is 16.6. The lowest BCUT2D eigenvalue weighted by Gasteiger charge is -2.19. The van der Waals surface area contributed by atoms with Crippen LogP contribution in [0.2, 0.25) is 0 Å². The van der Waals surface area contributed by atoms with Gasteiger partial charge in [0.05, 0.1) is 23.6 Å². The summed E-state index contributed by atoms with van der Waals surface area (Å²) in [7, 11) is 0. The number of hydrogen-bond donors (Lipinski definition) is 1. The highest BCUT2D eigenvalue weighted by molar-refractivity contribution is 5.87. The minimum Gasteiger partial charge on any atom is -0.397 e. The molecule has 2 N–H and O–H groups in total. The molecule has 0 atom stereocenters. The Morgan fingerprint density at radius 1 is 1.33 bits per heavy atom. The normalized spacial score (nSPS) is 11.7. The molecule has 0 aromatic carbocycles. The average molecular weight is 304 g/mol. The van der Waals surface area contributed by atoms with Crippen molar-refractivity contribution in [3.63, 3.8) is 0 Å². The van der Waals surface area contributed by atoms with E-state index in [0.29, 0.717) is 23.6 Å². The van der Waals surface area contributed by atoms with Crippen molar-refractivity contribution in [1.82, 2.24) is 9.99 Å². The number of nitrogens with zero attached hydrogens (tertiary/aromatic N) is 3. The Labute approximate surface area is 123 Å². The van der Waals surface area contributed by atoms with Crippen LogP contribution >= 0.6 is 0 Å². The van der Waals surface area contributed by atoms with E-state index in [9.17, 15) is 13.2 Å². The second kappa shape index (κ2) is 8.49. The van der Waals surface area contributed by atoms with Crippen LogP contribution in [0.1, 0.15) is 39.1 Å². The van der Waals surface area contributed by atoms with Gasteiger partial charge in [-0.1, -0.05) is 13.8 Å². The SMILES string of the molecule is CC.CCN(Cc1ccc(N)c(C)n1)/N=C(\C)C(F)(F)F. The van der Waals surface area contributed by atoms with Gasteiger partial charge in [0.1, 0.15) is 5.71 Å². The first-order valence-electron chi connectivity index (χ1n) is 6.83. The third kappa shape index (κ3) is 6.46. The average Bonchev–Trinajstić information content (AvgIpc) is 2.43. The van der Waals surface area contributed by atoms with E-state index in [4.69, 9.17) is 5.73 Å². The monoisotopic (exact) mass is 304 g/mol. The summed E-state index contributed by atoms with van der Waals surface area (Å²) in [6, 6.07) is 3.37. The number of pyridine rings is 1. The van der Waals surface area contributed by atoms with Gasteiger partial charge in [0.15, 0.2) is 0 Å². The summed E-state index contributed by atoms with van der Waals surface area (Å²) in [5, 5.41) is 4.89. The quantitative estimate of drug-likeness (QED) is 0.680. The van der Waals surface area contributed by atoms with E-state index >= 15 is 0 Å². The lowest BCUT2D eigenvalue weighted by Crippen LogP contribution is -2.26. The Morgan fingerprint density at radius 2 is 1.90 bits per heavy atom. The highest BCUT2D eigenvalue weighted by atomic mass is 19.4. The topological polar surface area (TPSA) is 54.5 Å². The molecule has 1 aromatic rings. The Kier molecular flexibility index (Phi) is 7.76. The number of anilines is 1. The van der Waals surface area contributed by atoms with E-state index in [2.05, 4.69) is 10.1 Å². The van der Waals surface area contributed by atoms with Gasteiger partial charge in [-0.25, -0.2) is 0 Å². The molecule has 0 fully saturated rings. The lowest BCUT2D eigenvalue weighted by atomic mass is 10.2. The van der Waals surface area contributed by atoms with E-state index in [0.717, 1.165) is 6.92 Å². The summed E-state index contributed by atoms with van der Waals surface area (Å²) < 4.78 is 37.2. The predicted molar refractivity (Wildman–Crippen MR) is 80.0 cm³/mol. The smallest absolute Gasteiger partial charge is 0.397 e. The molecule has 0 radical (unpaired) electrons. The summed E-state index contributed by atoms with van der Waals surface area (Å²) in [5.74, 6) is 0. The molecule has 0 saturated heterocycles. The number of aryl methyl sites for hydroxylation is 1. The van der Waals surface area contributed by atoms with E-state index in [1.807, 2.05) is 13.8 Å². The molecule has 1 aromatic heterocycles. The molecule has 4 nitrogen and oxygen atoms in total. The van der Waals surface area contributed by atoms with E-state index in [1.165, 1.54) is 5.01 Å². The summed E-state index contributed by atoms with van der Waals surface area (Å²) >= 11 is 0. The fourth-order valence-corrected chi connectivity index (χ4v) is 1.39. The standard InChI is InChI=1S/C12H17F3N4.C2H6/c1-4-19(18-9(3)12(13,14)15)7-10-5-6-11(16)8(2)17-10;1-2/h5-6H,4,7,16H2,1-3H3;1-2H3/b18-9+;. The molecule has 7 heteroatoms. The molecule has 0 aliphatic carbocycles. The summed E-state index contributed by atoms with van der Waals surface area (Å²) in [6.07, 6.45) is -4.40. The van der Waals surface area contributed by atoms with Crippen LogP contribution in [0.3, 0.4) is 0 Å². The molecular weight excluding hydrogens is 281 g/mol. The van der Waals surface area contributed by atoms with Gasteiger partial charge in [-0.05, 0) is 32.9 Å². The van der Waals surface area contributed by atoms with Gasteiger partial charge in [0, 0.05) is 6.54 Å². The molecule has 0 aliphatic heterocycles. The van der Waals surface area contributed by atoms with Crippen LogP contribution in [0.4, 0.5) is 18.9 Å². The second-order valence-electron chi connectivity index (χ2n) is 4.14. The summed E-state index contributed by atoms with van der Waals surface area (Å²) in [4.78, 5) is 4.21. The lowest BCUT2D eigenvalue weighted by molar-refractivity contribution is -0.0607. The van der Waals surface area contributed by atoms with Crippen molar-refractivity contribution in [2.75, 3.05) is 12.3 Å². The number of nitrogens with two attached hydrogens (primary N) is 1. The summed E-state index contributed by atoms with van der Waals surface area (Å²) in [5.41, 5.74) is 6.61. The van der Waals surface area contributed by atoms with Crippen LogP contribution < -0.4 is 5.73 Å². The molecule has 0 saturated carbocycles. The van der Waals surface area contributed by atoms with Gasteiger partial charge in [0.25, 0.3) is 0 Å². The van der Waals surface area contributed by atoms with E-state index in [1.54, 1.807) is 26.0 Å². The maximum atomic E-state index is 12.4. The van der Waals surface area contributed by atoms with Gasteiger partial charge in [-0.15, -0.1) is 0 Å². The van der Waals surface area contributed by atoms with Crippen molar-refractivity contribution >= 4 is 11.4 Å². The minimum atomic E-state index is -4.40. The number of alkyl halides is 3. The number of aromatic nitrogens is 1. The minimum absolute atomic E-state index is 0.213. The predicted octanol–water partition coefficient (Wildman–Crippen LogP) is 3.76. The molecule has 0 spiro atoms. The molecular formula is C14H23F3N4. The van der Waals surface area contributed by atoms with Crippen molar-refractivity contribution in [2.45, 2.75) is 47.3 Å². The first-order valence-corrected chi connectivity index (χ1v) is 6.83. The number of nitrogen functional groups attached to an aromatic ring is 1. The van der Waals surface area contributed by atoms with Crippen LogP contribution in [0.5, 0.6) is 0 Å². The van der Waals surface area contributed by atoms with Crippen molar-refractivity contribution in [3.05, 3.63) is 23.5 Å². The largest absolute Gasteiger partial charge is 0.430 e. The zero-order valence-electron chi connectivity index (χ0n) is 13.1. The number of halogens is 3. The Balaban J connectivity index is 0.00000191. The van der Waals surface area contributed by atoms with Crippen molar-refractivity contribution in [3.8, 4) is 0 Å². The molecule has 120 valence electrons. The Hall–Kier alpha value is -1.79. The fraction of sp³-hybridized carbons (Fsp3) is 0.571. The molecule has 21 heavy (non-hydrogen) atoms. The van der Waals surface area contributed by atoms with Gasteiger partial charge < -0.3 is 5.73 Å². The molecule has 1 rings (SSSR count). The van der Waals surface area contributed by atoms with Crippen LogP contribution in [0, 0.1) is 6.92 Å². The first-order chi connectivity index (χ1) is 9.74. The second-order valence-corrected chi connectivity index (χ2v) is 4.14. The number of hydrogen-bond acceptors (Lipinski definition) is 4. The van der Waals surface area contributed by atoms with Gasteiger partial charge >= 0.3 is 6.18 Å². The highest BCUT2D eigenvalue weighted by Crippen LogP contribution is 2.18. The van der Waals surface area contributed by atoms with Crippen LogP contribution in [0.15, 0.2) is 17.2 Å². The van der Waals surface area contributed by atoms with Gasteiger partial charge in [-0.3, -0.25) is 9.99 Å². The molecule has 0 amide bonds. The van der Waals surface area contributed by atoms with Crippen LogP contribution in [-0.2, 0) is 6.54 Å². The van der Waals surface area contributed by atoms with Crippen molar-refractivity contribution in [1.29, 1.82) is 0 Å². The van der Waals surface area contributed by atoms with Crippen molar-refractivity contribution < 1.29 is 13.2 Å². The highest BCUT2D eigenvalue weighted by Gasteiger charge is 2.32. The maximum Gasteiger partial charge on any atom is 0.430 e.